The molecule has 2 nitrogen and oxygen atoms in total. The molecule has 21 heavy (non-hydrogen) atoms. The fourth-order valence-corrected chi connectivity index (χ4v) is 4.46. The first kappa shape index (κ1) is 15.4. The Balaban J connectivity index is 1.97. The molecule has 0 radical (unpaired) electrons. The molecule has 1 spiro atoms. The molecule has 116 valence electrons. The first-order valence-electron chi connectivity index (χ1n) is 7.71. The Bertz CT molecular complexity index is 506. The highest BCUT2D eigenvalue weighted by molar-refractivity contribution is 6.39. The van der Waals surface area contributed by atoms with Gasteiger partial charge in [0.1, 0.15) is 5.82 Å². The minimum atomic E-state index is -0.382. The Labute approximate surface area is 135 Å². The molecule has 1 saturated carbocycles. The highest BCUT2D eigenvalue weighted by Gasteiger charge is 2.41. The van der Waals surface area contributed by atoms with Gasteiger partial charge in [0.05, 0.1) is 15.7 Å². The first-order valence-corrected chi connectivity index (χ1v) is 8.46. The Morgan fingerprint density at radius 1 is 1.29 bits per heavy atom. The average molecular weight is 331 g/mol. The lowest BCUT2D eigenvalue weighted by Gasteiger charge is -2.48. The molecule has 1 aromatic rings. The van der Waals surface area contributed by atoms with E-state index in [1.54, 1.807) is 0 Å². The highest BCUT2D eigenvalue weighted by Crippen LogP contribution is 2.41. The molecule has 0 aromatic heterocycles. The second-order valence-corrected chi connectivity index (χ2v) is 7.09. The van der Waals surface area contributed by atoms with Crippen LogP contribution >= 0.6 is 23.2 Å². The molecule has 1 atom stereocenters. The van der Waals surface area contributed by atoms with Crippen molar-refractivity contribution in [3.05, 3.63) is 28.0 Å². The molecule has 5 heteroatoms. The van der Waals surface area contributed by atoms with Crippen LogP contribution in [0.2, 0.25) is 10.0 Å². The second kappa shape index (κ2) is 5.94. The van der Waals surface area contributed by atoms with E-state index >= 15 is 0 Å². The van der Waals surface area contributed by atoms with Gasteiger partial charge >= 0.3 is 0 Å². The smallest absolute Gasteiger partial charge is 0.126 e. The molecule has 1 heterocycles. The number of piperazine rings is 1. The van der Waals surface area contributed by atoms with Crippen molar-refractivity contribution in [1.29, 1.82) is 0 Å². The molecule has 2 fully saturated rings. The molecule has 0 bridgehead atoms. The van der Waals surface area contributed by atoms with Crippen LogP contribution < -0.4 is 10.2 Å². The number of hydrogen-bond acceptors (Lipinski definition) is 2. The molecule has 1 aliphatic carbocycles. The number of rotatable bonds is 2. The second-order valence-electron chi connectivity index (χ2n) is 6.28. The molecule has 1 aliphatic heterocycles. The Hall–Kier alpha value is -0.510. The van der Waals surface area contributed by atoms with Crippen molar-refractivity contribution in [3.8, 4) is 0 Å². The number of hydrogen-bond donors (Lipinski definition) is 1. The molecule has 0 amide bonds. The first-order chi connectivity index (χ1) is 10.0. The largest absolute Gasteiger partial charge is 0.363 e. The summed E-state index contributed by atoms with van der Waals surface area (Å²) >= 11 is 12.6. The zero-order valence-corrected chi connectivity index (χ0v) is 13.8. The summed E-state index contributed by atoms with van der Waals surface area (Å²) in [6.07, 6.45) is 5.92. The monoisotopic (exact) mass is 330 g/mol. The predicted molar refractivity (Wildman–Crippen MR) is 87.0 cm³/mol. The topological polar surface area (TPSA) is 15.3 Å². The van der Waals surface area contributed by atoms with Gasteiger partial charge in [0.2, 0.25) is 0 Å². The normalized spacial score (nSPS) is 24.8. The predicted octanol–water partition coefficient (Wildman–Crippen LogP) is 4.63. The van der Waals surface area contributed by atoms with Gasteiger partial charge < -0.3 is 10.2 Å². The minimum Gasteiger partial charge on any atom is -0.363 e. The van der Waals surface area contributed by atoms with Gasteiger partial charge in [0.15, 0.2) is 0 Å². The number of nitrogens with zero attached hydrogens (tertiary/aromatic N) is 1. The summed E-state index contributed by atoms with van der Waals surface area (Å²) in [5, 5.41) is 4.56. The van der Waals surface area contributed by atoms with Crippen LogP contribution in [-0.4, -0.2) is 24.7 Å². The summed E-state index contributed by atoms with van der Waals surface area (Å²) in [4.78, 5) is 2.30. The van der Waals surface area contributed by atoms with Crippen molar-refractivity contribution in [2.45, 2.75) is 50.6 Å². The summed E-state index contributed by atoms with van der Waals surface area (Å²) < 4.78 is 13.4. The van der Waals surface area contributed by atoms with E-state index in [1.807, 2.05) is 0 Å². The molecular formula is C16H21Cl2FN2. The van der Waals surface area contributed by atoms with Crippen molar-refractivity contribution in [2.75, 3.05) is 18.0 Å². The van der Waals surface area contributed by atoms with Gasteiger partial charge in [-0.2, -0.15) is 0 Å². The fourth-order valence-electron chi connectivity index (χ4n) is 3.78. The molecule has 3 rings (SSSR count). The van der Waals surface area contributed by atoms with Crippen LogP contribution in [0.15, 0.2) is 12.1 Å². The lowest BCUT2D eigenvalue weighted by atomic mass is 9.91. The van der Waals surface area contributed by atoms with Gasteiger partial charge in [0.25, 0.3) is 0 Å². The van der Waals surface area contributed by atoms with Crippen LogP contribution in [0, 0.1) is 5.82 Å². The number of nitrogens with one attached hydrogen (secondary N) is 1. The van der Waals surface area contributed by atoms with E-state index in [4.69, 9.17) is 23.2 Å². The summed E-state index contributed by atoms with van der Waals surface area (Å²) in [5.74, 6) is -0.382. The fraction of sp³-hybridized carbons (Fsp3) is 0.625. The number of halogens is 3. The van der Waals surface area contributed by atoms with Gasteiger partial charge in [-0.15, -0.1) is 0 Å². The van der Waals surface area contributed by atoms with E-state index in [0.29, 0.717) is 16.1 Å². The van der Waals surface area contributed by atoms with Gasteiger partial charge in [0, 0.05) is 24.7 Å². The molecular weight excluding hydrogens is 310 g/mol. The third kappa shape index (κ3) is 2.88. The van der Waals surface area contributed by atoms with Crippen molar-refractivity contribution in [3.63, 3.8) is 0 Å². The van der Waals surface area contributed by atoms with E-state index < -0.39 is 0 Å². The van der Waals surface area contributed by atoms with Crippen LogP contribution in [0.4, 0.5) is 10.1 Å². The maximum Gasteiger partial charge on any atom is 0.126 e. The average Bonchev–Trinajstić information content (AvgIpc) is 2.86. The van der Waals surface area contributed by atoms with Crippen LogP contribution in [0.5, 0.6) is 0 Å². The molecule has 1 aromatic carbocycles. The summed E-state index contributed by atoms with van der Waals surface area (Å²) in [5.41, 5.74) is 0.964. The van der Waals surface area contributed by atoms with Crippen LogP contribution in [0.25, 0.3) is 0 Å². The number of benzene rings is 1. The SMILES string of the molecule is CCC1CNC2(CCCC2)CN1c1c(Cl)cc(F)cc1Cl. The molecule has 2 aliphatic rings. The van der Waals surface area contributed by atoms with Gasteiger partial charge in [-0.3, -0.25) is 0 Å². The van der Waals surface area contributed by atoms with Crippen molar-refractivity contribution in [1.82, 2.24) is 5.32 Å². The summed E-state index contributed by atoms with van der Waals surface area (Å²) in [6.45, 7) is 3.99. The lowest BCUT2D eigenvalue weighted by molar-refractivity contribution is 0.267. The van der Waals surface area contributed by atoms with Crippen molar-refractivity contribution >= 4 is 28.9 Å². The van der Waals surface area contributed by atoms with E-state index in [1.165, 1.54) is 37.8 Å². The van der Waals surface area contributed by atoms with Crippen molar-refractivity contribution in [2.24, 2.45) is 0 Å². The molecule has 1 unspecified atom stereocenters. The third-order valence-electron chi connectivity index (χ3n) is 4.93. The van der Waals surface area contributed by atoms with E-state index in [-0.39, 0.29) is 11.4 Å². The quantitative estimate of drug-likeness (QED) is 0.850. The zero-order valence-electron chi connectivity index (χ0n) is 12.3. The summed E-state index contributed by atoms with van der Waals surface area (Å²) in [6, 6.07) is 3.06. The Kier molecular flexibility index (Phi) is 4.35. The van der Waals surface area contributed by atoms with Gasteiger partial charge in [-0.05, 0) is 31.4 Å². The molecule has 1 saturated heterocycles. The van der Waals surface area contributed by atoms with Crippen LogP contribution in [-0.2, 0) is 0 Å². The maximum absolute atomic E-state index is 13.4. The third-order valence-corrected chi connectivity index (χ3v) is 5.50. The summed E-state index contributed by atoms with van der Waals surface area (Å²) in [7, 11) is 0. The van der Waals surface area contributed by atoms with Crippen molar-refractivity contribution < 1.29 is 4.39 Å². The van der Waals surface area contributed by atoms with Crippen LogP contribution in [0.3, 0.4) is 0 Å². The van der Waals surface area contributed by atoms with E-state index in [0.717, 1.165) is 25.2 Å². The maximum atomic E-state index is 13.4. The van der Waals surface area contributed by atoms with E-state index in [2.05, 4.69) is 17.1 Å². The standard InChI is InChI=1S/C16H21Cl2FN2/c1-2-12-9-20-16(5-3-4-6-16)10-21(12)15-13(17)7-11(19)8-14(15)18/h7-8,12,20H,2-6,9-10H2,1H3. The highest BCUT2D eigenvalue weighted by atomic mass is 35.5. The Morgan fingerprint density at radius 2 is 1.90 bits per heavy atom. The van der Waals surface area contributed by atoms with Gasteiger partial charge in [-0.25, -0.2) is 4.39 Å². The van der Waals surface area contributed by atoms with Crippen LogP contribution in [0.1, 0.15) is 39.0 Å². The zero-order chi connectivity index (χ0) is 15.0. The molecule has 1 N–H and O–H groups in total. The van der Waals surface area contributed by atoms with Gasteiger partial charge in [-0.1, -0.05) is 43.0 Å². The van der Waals surface area contributed by atoms with E-state index in [9.17, 15) is 4.39 Å². The minimum absolute atomic E-state index is 0.173. The lowest BCUT2D eigenvalue weighted by Crippen LogP contribution is -2.63. The Morgan fingerprint density at radius 3 is 2.48 bits per heavy atom. The number of anilines is 1.